The minimum Gasteiger partial charge on any atom is -0.481 e. The summed E-state index contributed by atoms with van der Waals surface area (Å²) in [7, 11) is 0. The normalized spacial score (nSPS) is 22.5. The number of carbonyl (C=O) groups is 1. The molecule has 1 aliphatic carbocycles. The van der Waals surface area contributed by atoms with Gasteiger partial charge in [-0.05, 0) is 30.2 Å². The summed E-state index contributed by atoms with van der Waals surface area (Å²) in [5.74, 6) is -0.695. The predicted molar refractivity (Wildman–Crippen MR) is 73.9 cm³/mol. The first-order valence-electron chi connectivity index (χ1n) is 7.19. The minimum absolute atomic E-state index is 0.253. The molecule has 0 amide bonds. The van der Waals surface area contributed by atoms with E-state index in [9.17, 15) is 4.79 Å². The van der Waals surface area contributed by atoms with Crippen LogP contribution < -0.4 is 0 Å². The number of nitrogens with zero attached hydrogens (tertiary/aromatic N) is 1. The van der Waals surface area contributed by atoms with Gasteiger partial charge in [0.2, 0.25) is 0 Å². The third-order valence-electron chi connectivity index (χ3n) is 4.75. The van der Waals surface area contributed by atoms with Crippen molar-refractivity contribution in [3.8, 4) is 0 Å². The van der Waals surface area contributed by atoms with Crippen LogP contribution in [-0.4, -0.2) is 29.1 Å². The quantitative estimate of drug-likeness (QED) is 0.883. The average molecular weight is 259 g/mol. The van der Waals surface area contributed by atoms with Gasteiger partial charge >= 0.3 is 5.97 Å². The van der Waals surface area contributed by atoms with E-state index in [4.69, 9.17) is 5.11 Å². The molecule has 3 rings (SSSR count). The minimum atomic E-state index is -0.695. The lowest BCUT2D eigenvalue weighted by Gasteiger charge is -2.58. The highest BCUT2D eigenvalue weighted by molar-refractivity contribution is 5.66. The van der Waals surface area contributed by atoms with E-state index in [0.717, 1.165) is 19.5 Å². The van der Waals surface area contributed by atoms with Crippen molar-refractivity contribution in [2.45, 2.75) is 38.1 Å². The van der Waals surface area contributed by atoms with Gasteiger partial charge in [-0.3, -0.25) is 9.69 Å². The van der Waals surface area contributed by atoms with Crippen LogP contribution in [0.2, 0.25) is 0 Å². The molecule has 2 fully saturated rings. The summed E-state index contributed by atoms with van der Waals surface area (Å²) in [6.07, 6.45) is 5.07. The van der Waals surface area contributed by atoms with Crippen LogP contribution >= 0.6 is 0 Å². The van der Waals surface area contributed by atoms with E-state index in [1.165, 1.54) is 24.8 Å². The van der Waals surface area contributed by atoms with Crippen LogP contribution in [-0.2, 0) is 4.79 Å². The third-order valence-corrected chi connectivity index (χ3v) is 4.75. The van der Waals surface area contributed by atoms with Crippen molar-refractivity contribution in [2.24, 2.45) is 5.41 Å². The molecule has 0 aromatic heterocycles. The fourth-order valence-electron chi connectivity index (χ4n) is 3.52. The van der Waals surface area contributed by atoms with Crippen LogP contribution in [0.5, 0.6) is 0 Å². The van der Waals surface area contributed by atoms with Crippen LogP contribution in [0.3, 0.4) is 0 Å². The first kappa shape index (κ1) is 12.7. The number of carboxylic acids is 1. The topological polar surface area (TPSA) is 40.5 Å². The van der Waals surface area contributed by atoms with E-state index >= 15 is 0 Å². The first-order chi connectivity index (χ1) is 9.19. The molecule has 1 saturated heterocycles. The van der Waals surface area contributed by atoms with E-state index in [-0.39, 0.29) is 12.5 Å². The molecule has 1 heterocycles. The molecule has 1 unspecified atom stereocenters. The molecule has 1 aromatic carbocycles. The summed E-state index contributed by atoms with van der Waals surface area (Å²) in [6.45, 7) is 2.32. The summed E-state index contributed by atoms with van der Waals surface area (Å²) in [5.41, 5.74) is 1.86. The largest absolute Gasteiger partial charge is 0.481 e. The van der Waals surface area contributed by atoms with E-state index in [0.29, 0.717) is 5.41 Å². The van der Waals surface area contributed by atoms with Crippen molar-refractivity contribution in [1.29, 1.82) is 0 Å². The lowest BCUT2D eigenvalue weighted by molar-refractivity contribution is -0.138. The molecule has 1 N–H and O–H groups in total. The van der Waals surface area contributed by atoms with Crippen molar-refractivity contribution in [3.05, 3.63) is 35.9 Å². The van der Waals surface area contributed by atoms with Gasteiger partial charge in [0.05, 0.1) is 0 Å². The van der Waals surface area contributed by atoms with Gasteiger partial charge in [-0.1, -0.05) is 36.8 Å². The fraction of sp³-hybridized carbons (Fsp3) is 0.562. The fourth-order valence-corrected chi connectivity index (χ4v) is 3.52. The van der Waals surface area contributed by atoms with Gasteiger partial charge in [0, 0.05) is 25.6 Å². The Kier molecular flexibility index (Phi) is 3.31. The van der Waals surface area contributed by atoms with Crippen molar-refractivity contribution >= 4 is 5.97 Å². The highest BCUT2D eigenvalue weighted by Crippen LogP contribution is 2.51. The summed E-state index contributed by atoms with van der Waals surface area (Å²) in [6, 6.07) is 10.6. The Hall–Kier alpha value is -1.35. The molecular formula is C16H21NO2. The molecule has 1 spiro atoms. The molecule has 3 nitrogen and oxygen atoms in total. The van der Waals surface area contributed by atoms with Gasteiger partial charge in [0.15, 0.2) is 0 Å². The predicted octanol–water partition coefficient (Wildman–Crippen LogP) is 3.08. The van der Waals surface area contributed by atoms with Gasteiger partial charge in [0.25, 0.3) is 0 Å². The monoisotopic (exact) mass is 259 g/mol. The van der Waals surface area contributed by atoms with Gasteiger partial charge in [-0.15, -0.1) is 0 Å². The zero-order chi connectivity index (χ0) is 13.3. The molecule has 1 atom stereocenters. The van der Waals surface area contributed by atoms with Gasteiger partial charge < -0.3 is 5.11 Å². The standard InChI is InChI=1S/C16H21NO2/c18-15(19)8-7-14(13-5-2-1-3-6-13)17-11-16(12-17)9-4-10-16/h1-3,5-6,14H,4,7-12H2,(H,18,19). The molecule has 3 heteroatoms. The summed E-state index contributed by atoms with van der Waals surface area (Å²) in [5, 5.41) is 8.92. The molecule has 19 heavy (non-hydrogen) atoms. The number of aliphatic carboxylic acids is 1. The Bertz CT molecular complexity index is 445. The summed E-state index contributed by atoms with van der Waals surface area (Å²) in [4.78, 5) is 13.3. The maximum atomic E-state index is 10.8. The Morgan fingerprint density at radius 3 is 2.47 bits per heavy atom. The average Bonchev–Trinajstić information content (AvgIpc) is 2.30. The van der Waals surface area contributed by atoms with Crippen LogP contribution in [0.4, 0.5) is 0 Å². The Morgan fingerprint density at radius 2 is 1.95 bits per heavy atom. The second-order valence-corrected chi connectivity index (χ2v) is 6.12. The van der Waals surface area contributed by atoms with Gasteiger partial charge in [0.1, 0.15) is 0 Å². The van der Waals surface area contributed by atoms with Crippen molar-refractivity contribution in [2.75, 3.05) is 13.1 Å². The summed E-state index contributed by atoms with van der Waals surface area (Å²) >= 11 is 0. The first-order valence-corrected chi connectivity index (χ1v) is 7.19. The molecule has 102 valence electrons. The number of benzene rings is 1. The lowest BCUT2D eigenvalue weighted by atomic mass is 9.63. The highest BCUT2D eigenvalue weighted by atomic mass is 16.4. The van der Waals surface area contributed by atoms with Crippen LogP contribution in [0.15, 0.2) is 30.3 Å². The lowest BCUT2D eigenvalue weighted by Crippen LogP contribution is -2.60. The van der Waals surface area contributed by atoms with Gasteiger partial charge in [-0.25, -0.2) is 0 Å². The highest BCUT2D eigenvalue weighted by Gasteiger charge is 2.49. The SMILES string of the molecule is O=C(O)CCC(c1ccccc1)N1CC2(CCC2)C1. The van der Waals surface area contributed by atoms with Crippen molar-refractivity contribution < 1.29 is 9.90 Å². The Morgan fingerprint density at radius 1 is 1.26 bits per heavy atom. The summed E-state index contributed by atoms with van der Waals surface area (Å²) < 4.78 is 0. The number of likely N-dealkylation sites (tertiary alicyclic amines) is 1. The zero-order valence-electron chi connectivity index (χ0n) is 11.2. The third kappa shape index (κ3) is 2.52. The van der Waals surface area contributed by atoms with E-state index < -0.39 is 5.97 Å². The molecule has 2 aliphatic rings. The molecule has 1 aliphatic heterocycles. The molecule has 0 bridgehead atoms. The van der Waals surface area contributed by atoms with Crippen LogP contribution in [0.25, 0.3) is 0 Å². The van der Waals surface area contributed by atoms with Crippen molar-refractivity contribution in [1.82, 2.24) is 4.90 Å². The Balaban J connectivity index is 1.68. The second-order valence-electron chi connectivity index (χ2n) is 6.12. The van der Waals surface area contributed by atoms with E-state index in [1.807, 2.05) is 18.2 Å². The maximum absolute atomic E-state index is 10.8. The smallest absolute Gasteiger partial charge is 0.303 e. The Labute approximate surface area is 114 Å². The number of rotatable bonds is 5. The molecule has 1 saturated carbocycles. The molecular weight excluding hydrogens is 238 g/mol. The second kappa shape index (κ2) is 4.97. The van der Waals surface area contributed by atoms with E-state index in [1.54, 1.807) is 0 Å². The molecule has 0 radical (unpaired) electrons. The molecule has 1 aromatic rings. The zero-order valence-corrected chi connectivity index (χ0v) is 11.2. The van der Waals surface area contributed by atoms with Crippen LogP contribution in [0.1, 0.15) is 43.7 Å². The van der Waals surface area contributed by atoms with Gasteiger partial charge in [-0.2, -0.15) is 0 Å². The van der Waals surface area contributed by atoms with Crippen molar-refractivity contribution in [3.63, 3.8) is 0 Å². The van der Waals surface area contributed by atoms with Crippen LogP contribution in [0, 0.1) is 5.41 Å². The van der Waals surface area contributed by atoms with E-state index in [2.05, 4.69) is 17.0 Å². The maximum Gasteiger partial charge on any atom is 0.303 e. The number of carboxylic acid groups (broad SMARTS) is 1. The number of hydrogen-bond acceptors (Lipinski definition) is 2. The number of hydrogen-bond donors (Lipinski definition) is 1.